The number of aliphatic hydroxyl groups is 1. The van der Waals surface area contributed by atoms with Crippen LogP contribution in [0.1, 0.15) is 43.9 Å². The first-order valence-corrected chi connectivity index (χ1v) is 7.24. The van der Waals surface area contributed by atoms with Crippen molar-refractivity contribution in [2.45, 2.75) is 38.9 Å². The smallest absolute Gasteiger partial charge is 0.0992 e. The van der Waals surface area contributed by atoms with Crippen molar-refractivity contribution in [3.8, 4) is 6.07 Å². The second-order valence-electron chi connectivity index (χ2n) is 5.24. The van der Waals surface area contributed by atoms with E-state index in [9.17, 15) is 5.11 Å². The normalized spacial score (nSPS) is 19.6. The molecule has 1 aromatic rings. The molecule has 1 N–H and O–H groups in total. The van der Waals surface area contributed by atoms with Crippen LogP contribution in [0.5, 0.6) is 0 Å². The molecule has 1 aliphatic heterocycles. The Kier molecular flexibility index (Phi) is 4.99. The van der Waals surface area contributed by atoms with Crippen LogP contribution in [-0.4, -0.2) is 30.9 Å². The Morgan fingerprint density at radius 3 is 2.90 bits per heavy atom. The maximum Gasteiger partial charge on any atom is 0.0992 e. The van der Waals surface area contributed by atoms with Crippen molar-refractivity contribution in [3.05, 3.63) is 29.3 Å². The molecule has 4 heteroatoms. The summed E-state index contributed by atoms with van der Waals surface area (Å²) in [6.07, 6.45) is 1.90. The molecule has 0 saturated carbocycles. The number of anilines is 1. The third kappa shape index (κ3) is 3.30. The lowest BCUT2D eigenvalue weighted by Crippen LogP contribution is -2.33. The summed E-state index contributed by atoms with van der Waals surface area (Å²) in [5.41, 5.74) is 2.43. The van der Waals surface area contributed by atoms with E-state index in [1.54, 1.807) is 13.0 Å². The van der Waals surface area contributed by atoms with Gasteiger partial charge in [0, 0.05) is 30.9 Å². The fourth-order valence-electron chi connectivity index (χ4n) is 2.67. The van der Waals surface area contributed by atoms with Crippen molar-refractivity contribution in [1.82, 2.24) is 0 Å². The summed E-state index contributed by atoms with van der Waals surface area (Å²) in [6, 6.07) is 7.63. The third-order valence-corrected chi connectivity index (χ3v) is 3.78. The highest BCUT2D eigenvalue weighted by atomic mass is 16.5. The number of nitriles is 1. The molecule has 4 nitrogen and oxygen atoms in total. The van der Waals surface area contributed by atoms with Crippen LogP contribution >= 0.6 is 0 Å². The number of benzene rings is 1. The Hall–Kier alpha value is -1.57. The number of likely N-dealkylation sites (N-methyl/N-ethyl adjacent to an activating group) is 1. The average Bonchev–Trinajstić information content (AvgIpc) is 2.97. The quantitative estimate of drug-likeness (QED) is 0.896. The number of hydrogen-bond donors (Lipinski definition) is 1. The Morgan fingerprint density at radius 1 is 1.55 bits per heavy atom. The van der Waals surface area contributed by atoms with Gasteiger partial charge in [0.15, 0.2) is 0 Å². The van der Waals surface area contributed by atoms with E-state index in [4.69, 9.17) is 10.00 Å². The van der Waals surface area contributed by atoms with Crippen LogP contribution in [0, 0.1) is 11.3 Å². The van der Waals surface area contributed by atoms with Gasteiger partial charge in [-0.05, 0) is 38.8 Å². The Labute approximate surface area is 120 Å². The van der Waals surface area contributed by atoms with Gasteiger partial charge in [0.2, 0.25) is 0 Å². The van der Waals surface area contributed by atoms with Crippen LogP contribution in [0.15, 0.2) is 18.2 Å². The SMILES string of the molecule is CCN(CC1CCCO1)c1cc(C#N)ccc1[C@@H](C)O. The van der Waals surface area contributed by atoms with E-state index in [1.807, 2.05) is 12.1 Å². The molecule has 1 saturated heterocycles. The van der Waals surface area contributed by atoms with Crippen LogP contribution in [-0.2, 0) is 4.74 Å². The van der Waals surface area contributed by atoms with Gasteiger partial charge in [0.05, 0.1) is 23.8 Å². The first-order valence-electron chi connectivity index (χ1n) is 7.24. The standard InChI is InChI=1S/C16H22N2O2/c1-3-18(11-14-5-4-8-20-14)16-9-13(10-17)6-7-15(16)12(2)19/h6-7,9,12,14,19H,3-5,8,11H2,1-2H3/t12-,14?/m1/s1. The molecule has 0 aliphatic carbocycles. The molecule has 0 radical (unpaired) electrons. The van der Waals surface area contributed by atoms with Crippen LogP contribution in [0.3, 0.4) is 0 Å². The van der Waals surface area contributed by atoms with E-state index in [1.165, 1.54) is 0 Å². The highest BCUT2D eigenvalue weighted by Gasteiger charge is 2.21. The third-order valence-electron chi connectivity index (χ3n) is 3.78. The van der Waals surface area contributed by atoms with Crippen molar-refractivity contribution in [2.75, 3.05) is 24.6 Å². The molecule has 0 spiro atoms. The highest BCUT2D eigenvalue weighted by molar-refractivity contribution is 5.58. The van der Waals surface area contributed by atoms with E-state index in [0.717, 1.165) is 43.8 Å². The number of nitrogens with zero attached hydrogens (tertiary/aromatic N) is 2. The highest BCUT2D eigenvalue weighted by Crippen LogP contribution is 2.29. The molecule has 1 heterocycles. The maximum atomic E-state index is 9.93. The molecule has 2 atom stereocenters. The lowest BCUT2D eigenvalue weighted by atomic mass is 10.0. The van der Waals surface area contributed by atoms with Crippen LogP contribution in [0.4, 0.5) is 5.69 Å². The van der Waals surface area contributed by atoms with Gasteiger partial charge in [-0.2, -0.15) is 5.26 Å². The molecule has 20 heavy (non-hydrogen) atoms. The van der Waals surface area contributed by atoms with E-state index in [0.29, 0.717) is 5.56 Å². The summed E-state index contributed by atoms with van der Waals surface area (Å²) < 4.78 is 5.69. The Bertz CT molecular complexity index is 488. The molecule has 108 valence electrons. The lowest BCUT2D eigenvalue weighted by molar-refractivity contribution is 0.115. The van der Waals surface area contributed by atoms with Crippen LogP contribution in [0.25, 0.3) is 0 Å². The van der Waals surface area contributed by atoms with Crippen LogP contribution < -0.4 is 4.90 Å². The number of hydrogen-bond acceptors (Lipinski definition) is 4. The summed E-state index contributed by atoms with van der Waals surface area (Å²) in [7, 11) is 0. The predicted molar refractivity (Wildman–Crippen MR) is 78.7 cm³/mol. The molecular weight excluding hydrogens is 252 g/mol. The van der Waals surface area contributed by atoms with Crippen molar-refractivity contribution in [2.24, 2.45) is 0 Å². The molecule has 2 rings (SSSR count). The van der Waals surface area contributed by atoms with Gasteiger partial charge in [-0.25, -0.2) is 0 Å². The van der Waals surface area contributed by atoms with E-state index in [-0.39, 0.29) is 6.10 Å². The molecule has 0 bridgehead atoms. The summed E-state index contributed by atoms with van der Waals surface area (Å²) in [5, 5.41) is 19.0. The zero-order valence-corrected chi connectivity index (χ0v) is 12.2. The van der Waals surface area contributed by atoms with E-state index >= 15 is 0 Å². The number of ether oxygens (including phenoxy) is 1. The zero-order chi connectivity index (χ0) is 14.5. The molecule has 0 aromatic heterocycles. The average molecular weight is 274 g/mol. The topological polar surface area (TPSA) is 56.5 Å². The van der Waals surface area contributed by atoms with Gasteiger partial charge >= 0.3 is 0 Å². The Morgan fingerprint density at radius 2 is 2.35 bits per heavy atom. The maximum absolute atomic E-state index is 9.93. The zero-order valence-electron chi connectivity index (χ0n) is 12.2. The molecule has 1 unspecified atom stereocenters. The number of rotatable bonds is 5. The second-order valence-corrected chi connectivity index (χ2v) is 5.24. The van der Waals surface area contributed by atoms with Gasteiger partial charge < -0.3 is 14.7 Å². The summed E-state index contributed by atoms with van der Waals surface area (Å²) >= 11 is 0. The molecule has 0 amide bonds. The minimum atomic E-state index is -0.545. The summed E-state index contributed by atoms with van der Waals surface area (Å²) in [5.74, 6) is 0. The monoisotopic (exact) mass is 274 g/mol. The van der Waals surface area contributed by atoms with Gasteiger partial charge in [0.1, 0.15) is 0 Å². The van der Waals surface area contributed by atoms with Crippen molar-refractivity contribution in [3.63, 3.8) is 0 Å². The molecular formula is C16H22N2O2. The first-order chi connectivity index (χ1) is 9.65. The molecule has 1 fully saturated rings. The minimum Gasteiger partial charge on any atom is -0.389 e. The Balaban J connectivity index is 2.28. The fraction of sp³-hybridized carbons (Fsp3) is 0.562. The molecule has 1 aromatic carbocycles. The van der Waals surface area contributed by atoms with Gasteiger partial charge in [-0.1, -0.05) is 6.07 Å². The molecule has 1 aliphatic rings. The largest absolute Gasteiger partial charge is 0.389 e. The first kappa shape index (κ1) is 14.8. The predicted octanol–water partition coefficient (Wildman–Crippen LogP) is 2.62. The van der Waals surface area contributed by atoms with Gasteiger partial charge in [0.25, 0.3) is 0 Å². The van der Waals surface area contributed by atoms with E-state index in [2.05, 4.69) is 17.9 Å². The summed E-state index contributed by atoms with van der Waals surface area (Å²) in [4.78, 5) is 2.19. The second kappa shape index (κ2) is 6.74. The van der Waals surface area contributed by atoms with E-state index < -0.39 is 6.10 Å². The summed E-state index contributed by atoms with van der Waals surface area (Å²) in [6.45, 7) is 6.31. The van der Waals surface area contributed by atoms with Crippen molar-refractivity contribution >= 4 is 5.69 Å². The lowest BCUT2D eigenvalue weighted by Gasteiger charge is -2.29. The number of aliphatic hydroxyl groups excluding tert-OH is 1. The van der Waals surface area contributed by atoms with Gasteiger partial charge in [-0.15, -0.1) is 0 Å². The van der Waals surface area contributed by atoms with Crippen molar-refractivity contribution in [1.29, 1.82) is 5.26 Å². The van der Waals surface area contributed by atoms with Crippen molar-refractivity contribution < 1.29 is 9.84 Å². The minimum absolute atomic E-state index is 0.252. The van der Waals surface area contributed by atoms with Gasteiger partial charge in [-0.3, -0.25) is 0 Å². The fourth-order valence-corrected chi connectivity index (χ4v) is 2.67. The van der Waals surface area contributed by atoms with Crippen LogP contribution in [0.2, 0.25) is 0 Å².